The van der Waals surface area contributed by atoms with Crippen LogP contribution in [0.2, 0.25) is 0 Å². The van der Waals surface area contributed by atoms with Crippen molar-refractivity contribution < 1.29 is 51.5 Å². The highest BCUT2D eigenvalue weighted by atomic mass is 32.3. The third-order valence-corrected chi connectivity index (χ3v) is 18.7. The fraction of sp³-hybridized carbons (Fsp3) is 0.455. The van der Waals surface area contributed by atoms with E-state index in [-0.39, 0.29) is 17.2 Å². The van der Waals surface area contributed by atoms with Gasteiger partial charge < -0.3 is 12.5 Å². The molecule has 0 aliphatic heterocycles. The Morgan fingerprint density at radius 1 is 0.232 bits per heavy atom. The molecule has 3 N–H and O–H groups in total. The highest BCUT2D eigenvalue weighted by molar-refractivity contribution is 7.81. The minimum absolute atomic E-state index is 0.112. The van der Waals surface area contributed by atoms with Crippen molar-refractivity contribution in [2.45, 2.75) is 193 Å². The van der Waals surface area contributed by atoms with Crippen LogP contribution >= 0.6 is 7.92 Å². The Bertz CT molecular complexity index is 2730. The lowest BCUT2D eigenvalue weighted by Gasteiger charge is -2.20. The lowest BCUT2D eigenvalue weighted by molar-refractivity contribution is 0.384. The lowest BCUT2D eigenvalue weighted by atomic mass is 10.0. The number of hydrogen-bond donors (Lipinski definition) is 3. The summed E-state index contributed by atoms with van der Waals surface area (Å²) in [7, 11) is -14.2. The van der Waals surface area contributed by atoms with Crippen LogP contribution in [0.4, 0.5) is 0 Å². The predicted molar refractivity (Wildman–Crippen MR) is 334 cm³/mol. The molecule has 12 nitrogen and oxygen atoms in total. The molecule has 82 heavy (non-hydrogen) atoms. The lowest BCUT2D eigenvalue weighted by Crippen LogP contribution is -2.21. The summed E-state index contributed by atoms with van der Waals surface area (Å²) in [4.78, 5) is 0. The average Bonchev–Trinajstić information content (AvgIpc) is 3.55. The second kappa shape index (κ2) is 35.9. The van der Waals surface area contributed by atoms with Gasteiger partial charge in [-0.05, 0) is 171 Å². The Kier molecular flexibility index (Phi) is 28.9. The molecule has 6 aromatic rings. The summed E-state index contributed by atoms with van der Waals surface area (Å²) in [6, 6.07) is 48.9. The predicted octanol–water partition coefficient (Wildman–Crippen LogP) is 15.7. The van der Waals surface area contributed by atoms with E-state index in [0.717, 1.165) is 74.5 Å². The maximum Gasteiger partial charge on any atom is 0.446 e. The summed E-state index contributed by atoms with van der Waals surface area (Å²) >= 11 is 0. The zero-order valence-electron chi connectivity index (χ0n) is 47.8. The molecular formula is C66H87O12PS3. The molecule has 446 valence electrons. The minimum atomic E-state index is -4.50. The Hall–Kier alpha value is -5.12. The minimum Gasteiger partial charge on any atom is -0.362 e. The standard InChI is InChI=1S/C66H87O12PS3/c67-80(68,69)76-61-43-31-55(32-44-61)25-19-13-7-1-4-10-16-22-28-58-37-49-64(50-38-58)79(65-51-39-59(40-52-65)29-23-17-11-5-2-8-14-20-26-56-33-45-62(46-34-56)77-81(70,71)72)66-53-41-60(42-54-66)30-24-18-12-6-3-9-15-21-27-57-35-47-63(48-36-57)78-82(73,74)75/h31-54H,1-30H2,(H,67,68,69)(H,70,71,72)(H,73,74,75). The highest BCUT2D eigenvalue weighted by Gasteiger charge is 2.18. The molecule has 6 rings (SSSR count). The van der Waals surface area contributed by atoms with Gasteiger partial charge in [0.05, 0.1) is 0 Å². The van der Waals surface area contributed by atoms with E-state index in [1.54, 1.807) is 36.4 Å². The number of rotatable bonds is 42. The van der Waals surface area contributed by atoms with Crippen molar-refractivity contribution in [3.63, 3.8) is 0 Å². The van der Waals surface area contributed by atoms with Gasteiger partial charge in [0, 0.05) is 0 Å². The van der Waals surface area contributed by atoms with Gasteiger partial charge in [0.25, 0.3) is 0 Å². The number of benzene rings is 6. The van der Waals surface area contributed by atoms with Crippen LogP contribution in [-0.2, 0) is 69.7 Å². The first-order valence-corrected chi connectivity index (χ1v) is 35.3. The van der Waals surface area contributed by atoms with Crippen LogP contribution in [0, 0.1) is 0 Å². The number of aryl methyl sites for hydroxylation is 6. The van der Waals surface area contributed by atoms with E-state index in [1.165, 1.54) is 167 Å². The summed E-state index contributed by atoms with van der Waals surface area (Å²) < 4.78 is 106. The van der Waals surface area contributed by atoms with E-state index in [2.05, 4.69) is 85.3 Å². The molecule has 0 aliphatic carbocycles. The molecule has 16 heteroatoms. The van der Waals surface area contributed by atoms with E-state index in [1.807, 2.05) is 36.4 Å². The zero-order valence-corrected chi connectivity index (χ0v) is 51.1. The number of hydrogen-bond acceptors (Lipinski definition) is 9. The number of unbranched alkanes of at least 4 members (excludes halogenated alkanes) is 21. The van der Waals surface area contributed by atoms with Gasteiger partial charge in [-0.1, -0.05) is 225 Å². The quantitative estimate of drug-likeness (QED) is 0.0187. The van der Waals surface area contributed by atoms with Crippen LogP contribution in [0.1, 0.15) is 187 Å². The molecular weight excluding hydrogens is 1110 g/mol. The van der Waals surface area contributed by atoms with Gasteiger partial charge in [-0.3, -0.25) is 13.7 Å². The molecule has 0 amide bonds. The summed E-state index contributed by atoms with van der Waals surface area (Å²) in [6.45, 7) is 0. The van der Waals surface area contributed by atoms with Gasteiger partial charge in [0.15, 0.2) is 0 Å². The SMILES string of the molecule is O=S(=O)(O)Oc1ccc(CCCCCCCCCCc2ccc(P(c3ccc(CCCCCCCCCCc4ccc(OS(=O)(=O)O)cc4)cc3)c3ccc(CCCCCCCCCCc4ccc(OS(=O)(=O)O)cc4)cc3)cc2)cc1. The first-order chi connectivity index (χ1) is 39.5. The van der Waals surface area contributed by atoms with Crippen molar-refractivity contribution in [2.24, 2.45) is 0 Å². The van der Waals surface area contributed by atoms with Crippen molar-refractivity contribution in [3.05, 3.63) is 179 Å². The summed E-state index contributed by atoms with van der Waals surface area (Å²) in [6.07, 6.45) is 35.0. The smallest absolute Gasteiger partial charge is 0.362 e. The second-order valence-corrected chi connectivity index (χ2v) is 27.1. The third-order valence-electron chi connectivity index (χ3n) is 15.0. The molecule has 0 heterocycles. The zero-order chi connectivity index (χ0) is 58.3. The summed E-state index contributed by atoms with van der Waals surface area (Å²) in [5.41, 5.74) is 7.58. The Morgan fingerprint density at radius 2 is 0.378 bits per heavy atom. The monoisotopic (exact) mass is 1200 g/mol. The Morgan fingerprint density at radius 3 is 0.537 bits per heavy atom. The van der Waals surface area contributed by atoms with Crippen molar-refractivity contribution in [1.82, 2.24) is 0 Å². The third kappa shape index (κ3) is 28.0. The van der Waals surface area contributed by atoms with Gasteiger partial charge in [0.2, 0.25) is 0 Å². The van der Waals surface area contributed by atoms with Crippen LogP contribution in [0.15, 0.2) is 146 Å². The first-order valence-electron chi connectivity index (χ1n) is 29.9. The molecule has 0 saturated carbocycles. The van der Waals surface area contributed by atoms with E-state index in [0.29, 0.717) is 0 Å². The van der Waals surface area contributed by atoms with Crippen molar-refractivity contribution >= 4 is 55.0 Å². The van der Waals surface area contributed by atoms with Gasteiger partial charge >= 0.3 is 31.2 Å². The van der Waals surface area contributed by atoms with E-state index in [4.69, 9.17) is 13.7 Å². The fourth-order valence-electron chi connectivity index (χ4n) is 10.5. The topological polar surface area (TPSA) is 191 Å². The summed E-state index contributed by atoms with van der Waals surface area (Å²) in [5.74, 6) is 0.335. The van der Waals surface area contributed by atoms with Crippen molar-refractivity contribution in [2.75, 3.05) is 0 Å². The molecule has 0 saturated heterocycles. The highest BCUT2D eigenvalue weighted by Crippen LogP contribution is 2.34. The fourth-order valence-corrected chi connectivity index (χ4v) is 13.8. The molecule has 0 fully saturated rings. The van der Waals surface area contributed by atoms with Crippen molar-refractivity contribution in [3.8, 4) is 17.2 Å². The van der Waals surface area contributed by atoms with Gasteiger partial charge in [-0.25, -0.2) is 0 Å². The van der Waals surface area contributed by atoms with Crippen LogP contribution in [0.25, 0.3) is 0 Å². The first kappa shape index (κ1) is 66.0. The van der Waals surface area contributed by atoms with Crippen LogP contribution < -0.4 is 28.5 Å². The normalized spacial score (nSPS) is 12.0. The molecule has 0 unspecified atom stereocenters. The molecule has 6 aromatic carbocycles. The molecule has 0 aliphatic rings. The van der Waals surface area contributed by atoms with Crippen LogP contribution in [0.3, 0.4) is 0 Å². The summed E-state index contributed by atoms with van der Waals surface area (Å²) in [5, 5.41) is 4.15. The van der Waals surface area contributed by atoms with Gasteiger partial charge in [-0.2, -0.15) is 25.3 Å². The second-order valence-electron chi connectivity index (χ2n) is 21.8. The van der Waals surface area contributed by atoms with Crippen molar-refractivity contribution in [1.29, 1.82) is 0 Å². The van der Waals surface area contributed by atoms with E-state index >= 15 is 0 Å². The van der Waals surface area contributed by atoms with Gasteiger partial charge in [-0.15, -0.1) is 0 Å². The molecule has 0 atom stereocenters. The van der Waals surface area contributed by atoms with Crippen LogP contribution in [-0.4, -0.2) is 38.9 Å². The maximum atomic E-state index is 10.9. The molecule has 0 radical (unpaired) electrons. The average molecular weight is 1200 g/mol. The van der Waals surface area contributed by atoms with E-state index in [9.17, 15) is 25.3 Å². The molecule has 0 aromatic heterocycles. The Balaban J connectivity index is 0.898. The van der Waals surface area contributed by atoms with Gasteiger partial charge in [0.1, 0.15) is 17.2 Å². The maximum absolute atomic E-state index is 10.9. The van der Waals surface area contributed by atoms with E-state index < -0.39 is 39.1 Å². The Labute approximate surface area is 492 Å². The molecule has 0 spiro atoms. The largest absolute Gasteiger partial charge is 0.446 e. The van der Waals surface area contributed by atoms with Crippen LogP contribution in [0.5, 0.6) is 17.2 Å². The molecule has 0 bridgehead atoms.